The molecule has 1 aliphatic rings. The highest BCUT2D eigenvalue weighted by Crippen LogP contribution is 2.31. The molecule has 2 N–H and O–H groups in total. The predicted octanol–water partition coefficient (Wildman–Crippen LogP) is 2.91. The van der Waals surface area contributed by atoms with E-state index in [1.54, 1.807) is 29.2 Å². The van der Waals surface area contributed by atoms with E-state index in [-0.39, 0.29) is 15.7 Å². The number of carbonyl (C=O) groups is 1. The molecule has 0 spiro atoms. The van der Waals surface area contributed by atoms with Crippen molar-refractivity contribution in [3.05, 3.63) is 83.4 Å². The van der Waals surface area contributed by atoms with Crippen molar-refractivity contribution in [3.8, 4) is 0 Å². The lowest BCUT2D eigenvalue weighted by atomic mass is 10.1. The molecule has 0 aromatic heterocycles. The van der Waals surface area contributed by atoms with E-state index >= 15 is 0 Å². The third-order valence-corrected chi connectivity index (χ3v) is 8.37. The first-order chi connectivity index (χ1) is 15.6. The van der Waals surface area contributed by atoms with Crippen LogP contribution in [0.25, 0.3) is 0 Å². The number of fused-ring (bicyclic) bond motifs is 1. The number of carbonyl (C=O) groups excluding carboxylic acids is 1. The van der Waals surface area contributed by atoms with Gasteiger partial charge in [0.05, 0.1) is 15.5 Å². The molecule has 0 radical (unpaired) electrons. The molecule has 3 aromatic carbocycles. The van der Waals surface area contributed by atoms with Crippen molar-refractivity contribution in [2.45, 2.75) is 23.1 Å². The van der Waals surface area contributed by atoms with Crippen LogP contribution in [0.2, 0.25) is 0 Å². The highest BCUT2D eigenvalue weighted by atomic mass is 32.2. The van der Waals surface area contributed by atoms with E-state index in [1.807, 2.05) is 19.1 Å². The lowest BCUT2D eigenvalue weighted by molar-refractivity contribution is 0.0989. The van der Waals surface area contributed by atoms with Crippen LogP contribution < -0.4 is 14.3 Å². The van der Waals surface area contributed by atoms with Gasteiger partial charge in [-0.05, 0) is 80.1 Å². The molecule has 0 unspecified atom stereocenters. The standard InChI is InChI=1S/C23H23N3O5S2/c1-16-5-3-4-6-21(16)25-33(30,31)19-9-7-17(8-10-19)23(27)26-14-13-18-15-20(11-12-22(18)26)32(28,29)24-2/h3-12,15,24-25H,13-14H2,1-2H3. The topological polar surface area (TPSA) is 113 Å². The zero-order valence-corrected chi connectivity index (χ0v) is 19.7. The van der Waals surface area contributed by atoms with Gasteiger partial charge in [0.2, 0.25) is 10.0 Å². The zero-order valence-electron chi connectivity index (χ0n) is 18.1. The number of sulfonamides is 2. The number of para-hydroxylation sites is 1. The second-order valence-electron chi connectivity index (χ2n) is 7.65. The number of aryl methyl sites for hydroxylation is 1. The molecule has 8 nitrogen and oxygen atoms in total. The summed E-state index contributed by atoms with van der Waals surface area (Å²) in [6.07, 6.45) is 0.529. The average molecular weight is 486 g/mol. The smallest absolute Gasteiger partial charge is 0.261 e. The largest absolute Gasteiger partial charge is 0.308 e. The maximum Gasteiger partial charge on any atom is 0.261 e. The van der Waals surface area contributed by atoms with E-state index in [0.717, 1.165) is 11.1 Å². The van der Waals surface area contributed by atoms with E-state index < -0.39 is 20.0 Å². The molecule has 1 aliphatic heterocycles. The Morgan fingerprint density at radius 3 is 2.21 bits per heavy atom. The second kappa shape index (κ2) is 8.62. The number of hydrogen-bond donors (Lipinski definition) is 2. The Hall–Kier alpha value is -3.21. The quantitative estimate of drug-likeness (QED) is 0.558. The monoisotopic (exact) mass is 485 g/mol. The average Bonchev–Trinajstić information content (AvgIpc) is 3.23. The molecule has 4 rings (SSSR count). The summed E-state index contributed by atoms with van der Waals surface area (Å²) in [6.45, 7) is 2.22. The third-order valence-electron chi connectivity index (χ3n) is 5.57. The van der Waals surface area contributed by atoms with E-state index in [2.05, 4.69) is 9.44 Å². The first-order valence-corrected chi connectivity index (χ1v) is 13.2. The molecule has 0 saturated carbocycles. The van der Waals surface area contributed by atoms with Crippen LogP contribution in [-0.2, 0) is 26.5 Å². The van der Waals surface area contributed by atoms with Gasteiger partial charge in [-0.15, -0.1) is 0 Å². The van der Waals surface area contributed by atoms with Gasteiger partial charge in [-0.1, -0.05) is 18.2 Å². The van der Waals surface area contributed by atoms with Gasteiger partial charge < -0.3 is 4.90 Å². The fraction of sp³-hybridized carbons (Fsp3) is 0.174. The Bertz CT molecular complexity index is 1430. The zero-order chi connectivity index (χ0) is 23.8. The Morgan fingerprint density at radius 1 is 0.879 bits per heavy atom. The Morgan fingerprint density at radius 2 is 1.55 bits per heavy atom. The Balaban J connectivity index is 1.55. The molecule has 0 atom stereocenters. The highest BCUT2D eigenvalue weighted by molar-refractivity contribution is 7.92. The van der Waals surface area contributed by atoms with Crippen LogP contribution in [0, 0.1) is 6.92 Å². The molecule has 172 valence electrons. The maximum atomic E-state index is 13.1. The van der Waals surface area contributed by atoms with Gasteiger partial charge in [-0.2, -0.15) is 0 Å². The van der Waals surface area contributed by atoms with Crippen LogP contribution in [0.1, 0.15) is 21.5 Å². The van der Waals surface area contributed by atoms with Crippen molar-refractivity contribution in [1.29, 1.82) is 0 Å². The van der Waals surface area contributed by atoms with Crippen molar-refractivity contribution >= 4 is 37.3 Å². The van der Waals surface area contributed by atoms with E-state index in [4.69, 9.17) is 0 Å². The van der Waals surface area contributed by atoms with Crippen LogP contribution in [-0.4, -0.2) is 36.3 Å². The van der Waals surface area contributed by atoms with E-state index in [1.165, 1.54) is 37.4 Å². The summed E-state index contributed by atoms with van der Waals surface area (Å²) in [4.78, 5) is 14.8. The first kappa shape index (κ1) is 23.0. The molecule has 10 heteroatoms. The van der Waals surface area contributed by atoms with Crippen molar-refractivity contribution in [1.82, 2.24) is 4.72 Å². The van der Waals surface area contributed by atoms with Crippen LogP contribution in [0.5, 0.6) is 0 Å². The van der Waals surface area contributed by atoms with Crippen molar-refractivity contribution in [2.24, 2.45) is 0 Å². The summed E-state index contributed by atoms with van der Waals surface area (Å²) in [5.74, 6) is -0.284. The van der Waals surface area contributed by atoms with Gasteiger partial charge in [-0.25, -0.2) is 21.6 Å². The lowest BCUT2D eigenvalue weighted by Crippen LogP contribution is -2.29. The van der Waals surface area contributed by atoms with Gasteiger partial charge in [0.25, 0.3) is 15.9 Å². The van der Waals surface area contributed by atoms with Crippen LogP contribution in [0.15, 0.2) is 76.5 Å². The fourth-order valence-corrected chi connectivity index (χ4v) is 5.61. The van der Waals surface area contributed by atoms with Gasteiger partial charge in [0.1, 0.15) is 0 Å². The summed E-state index contributed by atoms with van der Waals surface area (Å²) in [6, 6.07) is 17.5. The minimum absolute atomic E-state index is 0.0473. The summed E-state index contributed by atoms with van der Waals surface area (Å²) < 4.78 is 54.4. The van der Waals surface area contributed by atoms with Gasteiger partial charge in [0, 0.05) is 17.8 Å². The summed E-state index contributed by atoms with van der Waals surface area (Å²) in [7, 11) is -6.03. The molecule has 3 aromatic rings. The number of benzene rings is 3. The van der Waals surface area contributed by atoms with Crippen molar-refractivity contribution in [3.63, 3.8) is 0 Å². The Kier molecular flexibility index (Phi) is 6.00. The van der Waals surface area contributed by atoms with Crippen molar-refractivity contribution < 1.29 is 21.6 Å². The molecule has 0 bridgehead atoms. The minimum Gasteiger partial charge on any atom is -0.308 e. The van der Waals surface area contributed by atoms with Crippen LogP contribution >= 0.6 is 0 Å². The summed E-state index contributed by atoms with van der Waals surface area (Å²) in [5, 5.41) is 0. The number of anilines is 2. The molecule has 1 heterocycles. The van der Waals surface area contributed by atoms with Gasteiger partial charge >= 0.3 is 0 Å². The number of rotatable bonds is 6. The summed E-state index contributed by atoms with van der Waals surface area (Å²) in [5.41, 5.74) is 3.04. The third kappa shape index (κ3) is 4.50. The van der Waals surface area contributed by atoms with Gasteiger partial charge in [-0.3, -0.25) is 9.52 Å². The van der Waals surface area contributed by atoms with Gasteiger partial charge in [0.15, 0.2) is 0 Å². The maximum absolute atomic E-state index is 13.1. The number of nitrogens with zero attached hydrogens (tertiary/aromatic N) is 1. The predicted molar refractivity (Wildman–Crippen MR) is 126 cm³/mol. The van der Waals surface area contributed by atoms with E-state index in [9.17, 15) is 21.6 Å². The molecule has 33 heavy (non-hydrogen) atoms. The fourth-order valence-electron chi connectivity index (χ4n) is 3.70. The molecular weight excluding hydrogens is 462 g/mol. The molecular formula is C23H23N3O5S2. The normalized spacial score (nSPS) is 13.6. The number of hydrogen-bond acceptors (Lipinski definition) is 5. The van der Waals surface area contributed by atoms with E-state index in [0.29, 0.717) is 29.9 Å². The molecule has 0 aliphatic carbocycles. The Labute approximate surface area is 193 Å². The van der Waals surface area contributed by atoms with Crippen LogP contribution in [0.3, 0.4) is 0 Å². The SMILES string of the molecule is CNS(=O)(=O)c1ccc2c(c1)CCN2C(=O)c1ccc(S(=O)(=O)Nc2ccccc2C)cc1. The molecule has 1 amide bonds. The number of nitrogens with one attached hydrogen (secondary N) is 2. The number of amides is 1. The minimum atomic E-state index is -3.81. The lowest BCUT2D eigenvalue weighted by Gasteiger charge is -2.18. The molecule has 0 saturated heterocycles. The first-order valence-electron chi connectivity index (χ1n) is 10.2. The highest BCUT2D eigenvalue weighted by Gasteiger charge is 2.27. The molecule has 0 fully saturated rings. The second-order valence-corrected chi connectivity index (χ2v) is 11.2. The van der Waals surface area contributed by atoms with Crippen molar-refractivity contribution in [2.75, 3.05) is 23.2 Å². The summed E-state index contributed by atoms with van der Waals surface area (Å²) >= 11 is 0. The van der Waals surface area contributed by atoms with Crippen LogP contribution in [0.4, 0.5) is 11.4 Å².